The lowest BCUT2D eigenvalue weighted by atomic mass is 10.0. The van der Waals surface area contributed by atoms with Gasteiger partial charge in [-0.3, -0.25) is 9.59 Å². The molecule has 0 aliphatic heterocycles. The summed E-state index contributed by atoms with van der Waals surface area (Å²) in [6, 6.07) is 0. The first-order chi connectivity index (χ1) is 20.8. The molecule has 0 aromatic heterocycles. The smallest absolute Gasteiger partial charge is 0.243 e. The zero-order valence-electron chi connectivity index (χ0n) is 29.1. The van der Waals surface area contributed by atoms with Crippen molar-refractivity contribution in [2.45, 2.75) is 213 Å². The summed E-state index contributed by atoms with van der Waals surface area (Å²) in [7, 11) is 0. The van der Waals surface area contributed by atoms with Crippen LogP contribution in [0.1, 0.15) is 207 Å². The summed E-state index contributed by atoms with van der Waals surface area (Å²) in [5.74, 6) is -3.17. The standard InChI is InChI=1S/C37H74N2O4/c1-4-6-8-10-12-14-16-18-20-22-24-26-28-30-32-39(36(41)34-35(40)38-37(3,42)43)33-31-29-27-25-23-21-19-17-15-13-11-9-7-5-2/h42-43H,4-34H2,1-3H3,(H,38,40). The fourth-order valence-electron chi connectivity index (χ4n) is 5.91. The van der Waals surface area contributed by atoms with Crippen LogP contribution in [0, 0.1) is 0 Å². The number of hydrogen-bond acceptors (Lipinski definition) is 4. The van der Waals surface area contributed by atoms with E-state index >= 15 is 0 Å². The molecule has 0 aromatic rings. The maximum atomic E-state index is 12.9. The topological polar surface area (TPSA) is 89.9 Å². The van der Waals surface area contributed by atoms with Gasteiger partial charge in [0.05, 0.1) is 0 Å². The van der Waals surface area contributed by atoms with Crippen LogP contribution in [0.5, 0.6) is 0 Å². The number of amides is 2. The lowest BCUT2D eigenvalue weighted by molar-refractivity contribution is -0.178. The first kappa shape index (κ1) is 41.9. The fourth-order valence-corrected chi connectivity index (χ4v) is 5.91. The molecule has 43 heavy (non-hydrogen) atoms. The van der Waals surface area contributed by atoms with Gasteiger partial charge in [0.15, 0.2) is 0 Å². The van der Waals surface area contributed by atoms with E-state index in [-0.39, 0.29) is 12.3 Å². The van der Waals surface area contributed by atoms with Gasteiger partial charge in [0.2, 0.25) is 17.7 Å². The molecule has 0 heterocycles. The highest BCUT2D eigenvalue weighted by molar-refractivity contribution is 5.97. The second-order valence-corrected chi connectivity index (χ2v) is 13.3. The van der Waals surface area contributed by atoms with Crippen LogP contribution >= 0.6 is 0 Å². The van der Waals surface area contributed by atoms with E-state index in [2.05, 4.69) is 19.2 Å². The van der Waals surface area contributed by atoms with Crippen molar-refractivity contribution in [3.63, 3.8) is 0 Å². The molecule has 0 radical (unpaired) electrons. The highest BCUT2D eigenvalue weighted by Crippen LogP contribution is 2.15. The Kier molecular flexibility index (Phi) is 30.0. The lowest BCUT2D eigenvalue weighted by Crippen LogP contribution is -2.47. The molecule has 0 fully saturated rings. The molecule has 0 bridgehead atoms. The Balaban J connectivity index is 4.07. The van der Waals surface area contributed by atoms with Gasteiger partial charge in [0.25, 0.3) is 0 Å². The molecule has 3 N–H and O–H groups in total. The molecule has 0 rings (SSSR count). The molecule has 6 nitrogen and oxygen atoms in total. The second kappa shape index (κ2) is 30.9. The number of nitrogens with zero attached hydrogens (tertiary/aromatic N) is 1. The Bertz CT molecular complexity index is 588. The number of carbonyl (C=O) groups excluding carboxylic acids is 2. The molecule has 0 aromatic carbocycles. The molecule has 0 spiro atoms. The molecular weight excluding hydrogens is 536 g/mol. The van der Waals surface area contributed by atoms with E-state index < -0.39 is 11.8 Å². The molecule has 6 heteroatoms. The Morgan fingerprint density at radius 2 is 0.744 bits per heavy atom. The zero-order valence-corrected chi connectivity index (χ0v) is 29.1. The summed E-state index contributed by atoms with van der Waals surface area (Å²) in [5, 5.41) is 20.9. The lowest BCUT2D eigenvalue weighted by Gasteiger charge is -2.24. The van der Waals surface area contributed by atoms with Gasteiger partial charge in [-0.2, -0.15) is 0 Å². The highest BCUT2D eigenvalue weighted by Gasteiger charge is 2.22. The van der Waals surface area contributed by atoms with Crippen molar-refractivity contribution in [1.29, 1.82) is 0 Å². The molecule has 2 amide bonds. The number of hydrogen-bond donors (Lipinski definition) is 3. The highest BCUT2D eigenvalue weighted by atomic mass is 16.5. The number of aliphatic hydroxyl groups is 2. The number of unbranched alkanes of at least 4 members (excludes halogenated alkanes) is 26. The van der Waals surface area contributed by atoms with E-state index in [1.807, 2.05) is 4.90 Å². The van der Waals surface area contributed by atoms with Crippen molar-refractivity contribution in [2.24, 2.45) is 0 Å². The average Bonchev–Trinajstić information content (AvgIpc) is 2.95. The largest absolute Gasteiger partial charge is 0.349 e. The summed E-state index contributed by atoms with van der Waals surface area (Å²) in [5.41, 5.74) is 0. The Labute approximate surface area is 267 Å². The molecular formula is C37H74N2O4. The van der Waals surface area contributed by atoms with Crippen LogP contribution in [0.3, 0.4) is 0 Å². The van der Waals surface area contributed by atoms with E-state index in [0.29, 0.717) is 13.1 Å². The maximum Gasteiger partial charge on any atom is 0.243 e. The van der Waals surface area contributed by atoms with Crippen LogP contribution in [0.15, 0.2) is 0 Å². The molecule has 0 unspecified atom stereocenters. The van der Waals surface area contributed by atoms with Crippen LogP contribution in [0.25, 0.3) is 0 Å². The minimum absolute atomic E-state index is 0.217. The van der Waals surface area contributed by atoms with Crippen LogP contribution in [0.2, 0.25) is 0 Å². The third kappa shape index (κ3) is 32.1. The minimum Gasteiger partial charge on any atom is -0.349 e. The van der Waals surface area contributed by atoms with Gasteiger partial charge in [-0.05, 0) is 12.8 Å². The maximum absolute atomic E-state index is 12.9. The third-order valence-electron chi connectivity index (χ3n) is 8.60. The van der Waals surface area contributed by atoms with Crippen LogP contribution in [-0.2, 0) is 9.59 Å². The summed E-state index contributed by atoms with van der Waals surface area (Å²) in [6.45, 7) is 6.97. The van der Waals surface area contributed by atoms with Crippen molar-refractivity contribution < 1.29 is 19.8 Å². The molecule has 0 saturated heterocycles. The number of rotatable bonds is 33. The predicted molar refractivity (Wildman–Crippen MR) is 183 cm³/mol. The first-order valence-corrected chi connectivity index (χ1v) is 18.8. The van der Waals surface area contributed by atoms with Gasteiger partial charge >= 0.3 is 0 Å². The minimum atomic E-state index is -2.30. The second-order valence-electron chi connectivity index (χ2n) is 13.3. The van der Waals surface area contributed by atoms with E-state index in [9.17, 15) is 19.8 Å². The Hall–Kier alpha value is -1.14. The summed E-state index contributed by atoms with van der Waals surface area (Å²) >= 11 is 0. The molecule has 0 aliphatic carbocycles. The normalized spacial score (nSPS) is 11.7. The van der Waals surface area contributed by atoms with E-state index in [0.717, 1.165) is 32.6 Å². The quantitative estimate of drug-likeness (QED) is 0.0392. The van der Waals surface area contributed by atoms with Crippen molar-refractivity contribution >= 4 is 11.8 Å². The first-order valence-electron chi connectivity index (χ1n) is 18.8. The number of nitrogens with one attached hydrogen (secondary N) is 1. The molecule has 0 aliphatic rings. The summed E-state index contributed by atoms with van der Waals surface area (Å²) in [4.78, 5) is 26.8. The average molecular weight is 611 g/mol. The molecule has 0 saturated carbocycles. The van der Waals surface area contributed by atoms with Gasteiger partial charge < -0.3 is 20.4 Å². The van der Waals surface area contributed by atoms with Crippen molar-refractivity contribution in [3.8, 4) is 0 Å². The van der Waals surface area contributed by atoms with Crippen LogP contribution < -0.4 is 5.32 Å². The summed E-state index contributed by atoms with van der Waals surface area (Å²) < 4.78 is 0. The molecule has 0 atom stereocenters. The van der Waals surface area contributed by atoms with E-state index in [1.165, 1.54) is 154 Å². The Morgan fingerprint density at radius 1 is 0.488 bits per heavy atom. The van der Waals surface area contributed by atoms with Gasteiger partial charge in [-0.15, -0.1) is 0 Å². The van der Waals surface area contributed by atoms with E-state index in [4.69, 9.17) is 0 Å². The van der Waals surface area contributed by atoms with Crippen molar-refractivity contribution in [2.75, 3.05) is 13.1 Å². The molecule has 256 valence electrons. The third-order valence-corrected chi connectivity index (χ3v) is 8.60. The van der Waals surface area contributed by atoms with Crippen LogP contribution in [0.4, 0.5) is 0 Å². The predicted octanol–water partition coefficient (Wildman–Crippen LogP) is 9.94. The van der Waals surface area contributed by atoms with Gasteiger partial charge in [0, 0.05) is 20.0 Å². The van der Waals surface area contributed by atoms with Gasteiger partial charge in [-0.25, -0.2) is 0 Å². The van der Waals surface area contributed by atoms with Crippen molar-refractivity contribution in [1.82, 2.24) is 10.2 Å². The summed E-state index contributed by atoms with van der Waals surface area (Å²) in [6.07, 6.45) is 36.1. The van der Waals surface area contributed by atoms with Gasteiger partial charge in [-0.1, -0.05) is 181 Å². The zero-order chi connectivity index (χ0) is 31.9. The monoisotopic (exact) mass is 611 g/mol. The van der Waals surface area contributed by atoms with Crippen molar-refractivity contribution in [3.05, 3.63) is 0 Å². The number of carbonyl (C=O) groups is 2. The Morgan fingerprint density at radius 3 is 1.00 bits per heavy atom. The van der Waals surface area contributed by atoms with Crippen LogP contribution in [-0.4, -0.2) is 45.9 Å². The SMILES string of the molecule is CCCCCCCCCCCCCCCCN(CCCCCCCCCCCCCCCC)C(=O)CC(=O)NC(C)(O)O. The van der Waals surface area contributed by atoms with E-state index in [1.54, 1.807) is 0 Å². The fraction of sp³-hybridized carbons (Fsp3) is 0.946. The van der Waals surface area contributed by atoms with Gasteiger partial charge in [0.1, 0.15) is 6.42 Å².